The number of furan rings is 1. The molecule has 0 amide bonds. The average Bonchev–Trinajstić information content (AvgIpc) is 3.35. The third-order valence-corrected chi connectivity index (χ3v) is 4.43. The van der Waals surface area contributed by atoms with Crippen LogP contribution in [0.5, 0.6) is 5.75 Å². The van der Waals surface area contributed by atoms with Gasteiger partial charge in [0.1, 0.15) is 18.1 Å². The van der Waals surface area contributed by atoms with E-state index in [9.17, 15) is 14.4 Å². The van der Waals surface area contributed by atoms with Gasteiger partial charge in [0.15, 0.2) is 6.61 Å². The smallest absolute Gasteiger partial charge is 0.374 e. The summed E-state index contributed by atoms with van der Waals surface area (Å²) in [6, 6.07) is 12.2. The van der Waals surface area contributed by atoms with Gasteiger partial charge in [0.05, 0.1) is 18.4 Å². The first-order chi connectivity index (χ1) is 14.4. The zero-order chi connectivity index (χ0) is 21.7. The highest BCUT2D eigenvalue weighted by molar-refractivity contribution is 6.03. The lowest BCUT2D eigenvalue weighted by molar-refractivity contribution is 0.0439. The van der Waals surface area contributed by atoms with Gasteiger partial charge in [-0.15, -0.1) is 0 Å². The highest BCUT2D eigenvalue weighted by Crippen LogP contribution is 2.20. The number of aromatic nitrogens is 1. The van der Waals surface area contributed by atoms with E-state index in [1.54, 1.807) is 32.0 Å². The molecule has 1 N–H and O–H groups in total. The molecule has 8 nitrogen and oxygen atoms in total. The van der Waals surface area contributed by atoms with E-state index < -0.39 is 24.3 Å². The molecule has 0 atom stereocenters. The summed E-state index contributed by atoms with van der Waals surface area (Å²) < 4.78 is 20.7. The quantitative estimate of drug-likeness (QED) is 0.445. The van der Waals surface area contributed by atoms with Gasteiger partial charge in [-0.3, -0.25) is 4.79 Å². The number of esters is 2. The van der Waals surface area contributed by atoms with Gasteiger partial charge < -0.3 is 23.6 Å². The van der Waals surface area contributed by atoms with Gasteiger partial charge in [0.2, 0.25) is 11.5 Å². The molecule has 0 fully saturated rings. The van der Waals surface area contributed by atoms with Crippen LogP contribution >= 0.6 is 0 Å². The Morgan fingerprint density at radius 2 is 1.73 bits per heavy atom. The minimum Gasteiger partial charge on any atom is -0.486 e. The van der Waals surface area contributed by atoms with Gasteiger partial charge in [-0.2, -0.15) is 0 Å². The topological polar surface area (TPSA) is 108 Å². The minimum absolute atomic E-state index is 0.0379. The molecular weight excluding hydrogens is 390 g/mol. The number of benzene rings is 1. The largest absolute Gasteiger partial charge is 0.486 e. The summed E-state index contributed by atoms with van der Waals surface area (Å²) in [5.74, 6) is -0.716. The van der Waals surface area contributed by atoms with Crippen molar-refractivity contribution in [2.24, 2.45) is 0 Å². The molecule has 1 aromatic carbocycles. The second-order valence-electron chi connectivity index (χ2n) is 6.48. The fourth-order valence-electron chi connectivity index (χ4n) is 2.95. The standard InChI is InChI=1S/C22H21NO7/c1-13-19(22(26)27-3)14(2)23-20(13)17(24)12-29-21(25)18-10-9-16(30-18)11-28-15-7-5-4-6-8-15/h4-10,23H,11-12H2,1-3H3. The van der Waals surface area contributed by atoms with Gasteiger partial charge >= 0.3 is 11.9 Å². The number of nitrogens with one attached hydrogen (secondary N) is 1. The molecule has 2 heterocycles. The predicted octanol–water partition coefficient (Wildman–Crippen LogP) is 3.63. The number of aryl methyl sites for hydroxylation is 1. The monoisotopic (exact) mass is 411 g/mol. The first-order valence-corrected chi connectivity index (χ1v) is 9.15. The number of rotatable bonds is 8. The number of aromatic amines is 1. The highest BCUT2D eigenvalue weighted by atomic mass is 16.6. The molecule has 0 aliphatic heterocycles. The Labute approximate surface area is 172 Å². The number of ketones is 1. The lowest BCUT2D eigenvalue weighted by Gasteiger charge is -2.04. The number of Topliss-reactive ketones (excluding diaryl/α,β-unsaturated/α-hetero) is 1. The van der Waals surface area contributed by atoms with E-state index in [1.807, 2.05) is 18.2 Å². The van der Waals surface area contributed by atoms with Crippen LogP contribution in [-0.4, -0.2) is 36.4 Å². The fraction of sp³-hybridized carbons (Fsp3) is 0.227. The van der Waals surface area contributed by atoms with Crippen molar-refractivity contribution in [3.8, 4) is 5.75 Å². The van der Waals surface area contributed by atoms with Crippen molar-refractivity contribution in [1.82, 2.24) is 4.98 Å². The van der Waals surface area contributed by atoms with E-state index in [4.69, 9.17) is 18.6 Å². The van der Waals surface area contributed by atoms with Crippen LogP contribution in [-0.2, 0) is 16.1 Å². The van der Waals surface area contributed by atoms with E-state index in [2.05, 4.69) is 4.98 Å². The molecule has 0 saturated heterocycles. The zero-order valence-electron chi connectivity index (χ0n) is 16.8. The summed E-state index contributed by atoms with van der Waals surface area (Å²) in [4.78, 5) is 39.3. The van der Waals surface area contributed by atoms with Crippen LogP contribution < -0.4 is 4.74 Å². The summed E-state index contributed by atoms with van der Waals surface area (Å²) >= 11 is 0. The van der Waals surface area contributed by atoms with Gasteiger partial charge in [-0.25, -0.2) is 9.59 Å². The van der Waals surface area contributed by atoms with E-state index in [0.29, 0.717) is 28.3 Å². The van der Waals surface area contributed by atoms with Gasteiger partial charge in [0, 0.05) is 5.69 Å². The molecule has 8 heteroatoms. The second kappa shape index (κ2) is 9.13. The number of carbonyl (C=O) groups excluding carboxylic acids is 3. The lowest BCUT2D eigenvalue weighted by atomic mass is 10.1. The minimum atomic E-state index is -0.775. The Kier molecular flexibility index (Phi) is 6.36. The van der Waals surface area contributed by atoms with Crippen LogP contribution in [0.25, 0.3) is 0 Å². The van der Waals surface area contributed by atoms with E-state index in [-0.39, 0.29) is 18.1 Å². The third kappa shape index (κ3) is 4.60. The van der Waals surface area contributed by atoms with Crippen LogP contribution in [0.15, 0.2) is 46.9 Å². The van der Waals surface area contributed by atoms with Crippen molar-refractivity contribution >= 4 is 17.7 Å². The zero-order valence-corrected chi connectivity index (χ0v) is 16.8. The molecule has 0 saturated carbocycles. The maximum atomic E-state index is 12.4. The van der Waals surface area contributed by atoms with E-state index >= 15 is 0 Å². The lowest BCUT2D eigenvalue weighted by Crippen LogP contribution is -2.15. The molecule has 0 aliphatic carbocycles. The Bertz CT molecular complexity index is 1060. The summed E-state index contributed by atoms with van der Waals surface area (Å²) in [5.41, 5.74) is 1.43. The van der Waals surface area contributed by atoms with Crippen molar-refractivity contribution < 1.29 is 33.0 Å². The summed E-state index contributed by atoms with van der Waals surface area (Å²) in [6.45, 7) is 2.92. The Morgan fingerprint density at radius 3 is 2.43 bits per heavy atom. The number of ether oxygens (including phenoxy) is 3. The van der Waals surface area contributed by atoms with Gasteiger partial charge in [-0.1, -0.05) is 18.2 Å². The van der Waals surface area contributed by atoms with Gasteiger partial charge in [0.25, 0.3) is 0 Å². The molecule has 0 bridgehead atoms. The molecule has 0 unspecified atom stereocenters. The Balaban J connectivity index is 1.58. The molecule has 3 rings (SSSR count). The predicted molar refractivity (Wildman–Crippen MR) is 106 cm³/mol. The molecule has 30 heavy (non-hydrogen) atoms. The normalized spacial score (nSPS) is 10.5. The summed E-state index contributed by atoms with van der Waals surface area (Å²) in [6.07, 6.45) is 0. The fourth-order valence-corrected chi connectivity index (χ4v) is 2.95. The maximum absolute atomic E-state index is 12.4. The summed E-state index contributed by atoms with van der Waals surface area (Å²) in [7, 11) is 1.26. The molecular formula is C22H21NO7. The van der Waals surface area contributed by atoms with E-state index in [1.165, 1.54) is 13.2 Å². The molecule has 2 aromatic heterocycles. The van der Waals surface area contributed by atoms with Gasteiger partial charge in [-0.05, 0) is 43.7 Å². The number of para-hydroxylation sites is 1. The van der Waals surface area contributed by atoms with E-state index in [0.717, 1.165) is 0 Å². The Morgan fingerprint density at radius 1 is 1.00 bits per heavy atom. The number of methoxy groups -OCH3 is 1. The van der Waals surface area contributed by atoms with Crippen molar-refractivity contribution in [3.63, 3.8) is 0 Å². The average molecular weight is 411 g/mol. The molecule has 0 aliphatic rings. The molecule has 3 aromatic rings. The molecule has 156 valence electrons. The first kappa shape index (κ1) is 20.9. The van der Waals surface area contributed by atoms with Crippen LogP contribution in [0.2, 0.25) is 0 Å². The van der Waals surface area contributed by atoms with Crippen LogP contribution in [0.1, 0.15) is 48.4 Å². The number of H-pyrrole nitrogens is 1. The van der Waals surface area contributed by atoms with Crippen molar-refractivity contribution in [2.75, 3.05) is 13.7 Å². The number of hydrogen-bond donors (Lipinski definition) is 1. The molecule has 0 spiro atoms. The third-order valence-electron chi connectivity index (χ3n) is 4.43. The van der Waals surface area contributed by atoms with Crippen molar-refractivity contribution in [2.45, 2.75) is 20.5 Å². The highest BCUT2D eigenvalue weighted by Gasteiger charge is 2.23. The SMILES string of the molecule is COC(=O)c1c(C)[nH]c(C(=O)COC(=O)c2ccc(COc3ccccc3)o2)c1C. The number of hydrogen-bond acceptors (Lipinski definition) is 7. The van der Waals surface area contributed by atoms with Crippen molar-refractivity contribution in [1.29, 1.82) is 0 Å². The second-order valence-corrected chi connectivity index (χ2v) is 6.48. The van der Waals surface area contributed by atoms with Crippen molar-refractivity contribution in [3.05, 3.63) is 76.5 Å². The summed E-state index contributed by atoms with van der Waals surface area (Å²) in [5, 5.41) is 0. The first-order valence-electron chi connectivity index (χ1n) is 9.15. The van der Waals surface area contributed by atoms with Crippen LogP contribution in [0.4, 0.5) is 0 Å². The Hall–Kier alpha value is -3.81. The molecule has 0 radical (unpaired) electrons. The van der Waals surface area contributed by atoms with Crippen LogP contribution in [0.3, 0.4) is 0 Å². The maximum Gasteiger partial charge on any atom is 0.374 e. The van der Waals surface area contributed by atoms with Crippen LogP contribution in [0, 0.1) is 13.8 Å². The number of carbonyl (C=O) groups is 3.